The summed E-state index contributed by atoms with van der Waals surface area (Å²) < 4.78 is 27.8. The van der Waals surface area contributed by atoms with Crippen molar-refractivity contribution in [1.82, 2.24) is 0 Å². The van der Waals surface area contributed by atoms with Gasteiger partial charge < -0.3 is 5.11 Å². The van der Waals surface area contributed by atoms with Crippen molar-refractivity contribution in [3.05, 3.63) is 101 Å². The van der Waals surface area contributed by atoms with Gasteiger partial charge in [-0.15, -0.1) is 11.3 Å². The van der Waals surface area contributed by atoms with Crippen LogP contribution in [0, 0.1) is 6.92 Å². The van der Waals surface area contributed by atoms with Gasteiger partial charge in [0, 0.05) is 21.7 Å². The van der Waals surface area contributed by atoms with E-state index in [1.807, 2.05) is 12.1 Å². The lowest BCUT2D eigenvalue weighted by atomic mass is 10.0. The highest BCUT2D eigenvalue weighted by atomic mass is 32.2. The summed E-state index contributed by atoms with van der Waals surface area (Å²) in [6.07, 6.45) is 0. The molecule has 0 saturated heterocycles. The van der Waals surface area contributed by atoms with Crippen molar-refractivity contribution >= 4 is 32.8 Å². The molecule has 0 amide bonds. The van der Waals surface area contributed by atoms with Gasteiger partial charge in [0.15, 0.2) is 0 Å². The van der Waals surface area contributed by atoms with E-state index in [0.29, 0.717) is 21.7 Å². The number of nitrogens with one attached hydrogen (secondary N) is 1. The first-order valence-corrected chi connectivity index (χ1v) is 11.8. The molecule has 0 saturated carbocycles. The van der Waals surface area contributed by atoms with Gasteiger partial charge in [-0.2, -0.15) is 0 Å². The van der Waals surface area contributed by atoms with Crippen LogP contribution < -0.4 is 4.72 Å². The van der Waals surface area contributed by atoms with Crippen LogP contribution in [0.1, 0.15) is 20.8 Å². The molecule has 0 fully saturated rings. The number of phenols is 1. The minimum atomic E-state index is -3.69. The molecule has 4 aromatic rings. The maximum Gasteiger partial charge on any atom is 0.261 e. The molecule has 1 heterocycles. The maximum atomic E-state index is 12.9. The lowest BCUT2D eigenvalue weighted by molar-refractivity contribution is 0.104. The van der Waals surface area contributed by atoms with Gasteiger partial charge >= 0.3 is 0 Å². The Morgan fingerprint density at radius 1 is 0.903 bits per heavy atom. The zero-order valence-electron chi connectivity index (χ0n) is 16.6. The summed E-state index contributed by atoms with van der Waals surface area (Å²) in [6.45, 7) is 1.71. The lowest BCUT2D eigenvalue weighted by Crippen LogP contribution is -2.12. The minimum Gasteiger partial charge on any atom is -0.508 e. The van der Waals surface area contributed by atoms with Crippen molar-refractivity contribution in [1.29, 1.82) is 0 Å². The van der Waals surface area contributed by atoms with E-state index in [0.717, 1.165) is 10.4 Å². The summed E-state index contributed by atoms with van der Waals surface area (Å²) >= 11 is 1.32. The fourth-order valence-electron chi connectivity index (χ4n) is 3.17. The number of sulfonamides is 1. The first-order chi connectivity index (χ1) is 14.8. The Hall–Kier alpha value is -3.42. The molecule has 0 atom stereocenters. The third-order valence-electron chi connectivity index (χ3n) is 4.83. The molecule has 0 spiro atoms. The van der Waals surface area contributed by atoms with Gasteiger partial charge in [0.05, 0.1) is 9.77 Å². The van der Waals surface area contributed by atoms with Gasteiger partial charge in [0.2, 0.25) is 5.78 Å². The highest BCUT2D eigenvalue weighted by Gasteiger charge is 2.17. The molecule has 2 N–H and O–H groups in total. The number of rotatable bonds is 6. The smallest absolute Gasteiger partial charge is 0.261 e. The second-order valence-corrected chi connectivity index (χ2v) is 9.71. The number of ketones is 1. The predicted molar refractivity (Wildman–Crippen MR) is 123 cm³/mol. The van der Waals surface area contributed by atoms with Gasteiger partial charge in [0.25, 0.3) is 10.0 Å². The van der Waals surface area contributed by atoms with Gasteiger partial charge in [-0.3, -0.25) is 9.52 Å². The van der Waals surface area contributed by atoms with Crippen molar-refractivity contribution < 1.29 is 18.3 Å². The standard InChI is InChI=1S/C24H19NO4S2/c1-16-20(11-6-12-21(16)26)24(27)23-14-13-22(30-23)17-7-5-8-18(15-17)25-31(28,29)19-9-3-2-4-10-19/h2-15,25-26H,1H3. The number of thiophene rings is 1. The number of anilines is 1. The number of hydrogen-bond acceptors (Lipinski definition) is 5. The Morgan fingerprint density at radius 2 is 1.65 bits per heavy atom. The highest BCUT2D eigenvalue weighted by molar-refractivity contribution is 7.92. The third-order valence-corrected chi connectivity index (χ3v) is 7.36. The average Bonchev–Trinajstić information content (AvgIpc) is 3.26. The van der Waals surface area contributed by atoms with Crippen molar-refractivity contribution in [2.45, 2.75) is 11.8 Å². The molecular formula is C24H19NO4S2. The molecule has 0 bridgehead atoms. The van der Waals surface area contributed by atoms with E-state index in [2.05, 4.69) is 4.72 Å². The maximum absolute atomic E-state index is 12.9. The predicted octanol–water partition coefficient (Wildman–Crippen LogP) is 5.46. The fraction of sp³-hybridized carbons (Fsp3) is 0.0417. The molecule has 156 valence electrons. The van der Waals surface area contributed by atoms with Crippen molar-refractivity contribution in [3.8, 4) is 16.2 Å². The molecule has 3 aromatic carbocycles. The van der Waals surface area contributed by atoms with E-state index >= 15 is 0 Å². The Labute approximate surface area is 184 Å². The van der Waals surface area contributed by atoms with Gasteiger partial charge in [-0.05, 0) is 55.0 Å². The summed E-state index contributed by atoms with van der Waals surface area (Å²) in [5.74, 6) is -0.0772. The van der Waals surface area contributed by atoms with Gasteiger partial charge in [-0.25, -0.2) is 8.42 Å². The molecule has 0 aliphatic heterocycles. The van der Waals surface area contributed by atoms with Crippen molar-refractivity contribution in [2.24, 2.45) is 0 Å². The Kier molecular flexibility index (Phi) is 5.63. The zero-order chi connectivity index (χ0) is 22.0. The summed E-state index contributed by atoms with van der Waals surface area (Å²) in [4.78, 5) is 14.4. The number of carbonyl (C=O) groups is 1. The first kappa shape index (κ1) is 20.8. The van der Waals surface area contributed by atoms with Crippen LogP contribution in [0.5, 0.6) is 5.75 Å². The number of phenolic OH excluding ortho intramolecular Hbond substituents is 1. The Bertz CT molecular complexity index is 1360. The number of benzene rings is 3. The Morgan fingerprint density at radius 3 is 2.42 bits per heavy atom. The molecule has 31 heavy (non-hydrogen) atoms. The van der Waals surface area contributed by atoms with Crippen molar-refractivity contribution in [3.63, 3.8) is 0 Å². The SMILES string of the molecule is Cc1c(O)cccc1C(=O)c1ccc(-c2cccc(NS(=O)(=O)c3ccccc3)c2)s1. The molecule has 4 rings (SSSR count). The molecule has 0 aliphatic rings. The minimum absolute atomic E-state index is 0.0843. The highest BCUT2D eigenvalue weighted by Crippen LogP contribution is 2.32. The third kappa shape index (κ3) is 4.38. The summed E-state index contributed by atoms with van der Waals surface area (Å²) in [5.41, 5.74) is 2.23. The molecule has 0 radical (unpaired) electrons. The first-order valence-electron chi connectivity index (χ1n) is 9.46. The topological polar surface area (TPSA) is 83.5 Å². The van der Waals surface area contributed by atoms with Crippen LogP contribution in [0.15, 0.2) is 89.8 Å². The molecule has 0 unspecified atom stereocenters. The zero-order valence-corrected chi connectivity index (χ0v) is 18.2. The van der Waals surface area contributed by atoms with Crippen LogP contribution >= 0.6 is 11.3 Å². The van der Waals surface area contributed by atoms with E-state index in [-0.39, 0.29) is 16.4 Å². The van der Waals surface area contributed by atoms with Crippen LogP contribution in [-0.4, -0.2) is 19.3 Å². The largest absolute Gasteiger partial charge is 0.508 e. The second kappa shape index (κ2) is 8.37. The van der Waals surface area contributed by atoms with Crippen LogP contribution in [0.3, 0.4) is 0 Å². The van der Waals surface area contributed by atoms with E-state index in [9.17, 15) is 18.3 Å². The van der Waals surface area contributed by atoms with Crippen LogP contribution in [0.2, 0.25) is 0 Å². The molecular weight excluding hydrogens is 430 g/mol. The van der Waals surface area contributed by atoms with Crippen LogP contribution in [0.25, 0.3) is 10.4 Å². The van der Waals surface area contributed by atoms with Crippen molar-refractivity contribution in [2.75, 3.05) is 4.72 Å². The normalized spacial score (nSPS) is 11.3. The summed E-state index contributed by atoms with van der Waals surface area (Å²) in [7, 11) is -3.69. The van der Waals surface area contributed by atoms with E-state index < -0.39 is 10.0 Å². The molecule has 5 nitrogen and oxygen atoms in total. The molecule has 7 heteroatoms. The number of carbonyl (C=O) groups excluding carboxylic acids is 1. The van der Waals surface area contributed by atoms with E-state index in [4.69, 9.17) is 0 Å². The summed E-state index contributed by atoms with van der Waals surface area (Å²) in [6, 6.07) is 23.7. The number of aromatic hydroxyl groups is 1. The fourth-order valence-corrected chi connectivity index (χ4v) is 5.19. The quantitative estimate of drug-likeness (QED) is 0.383. The number of hydrogen-bond donors (Lipinski definition) is 2. The Balaban J connectivity index is 1.60. The molecule has 0 aliphatic carbocycles. The molecule has 1 aromatic heterocycles. The lowest BCUT2D eigenvalue weighted by Gasteiger charge is -2.09. The van der Waals surface area contributed by atoms with Crippen LogP contribution in [-0.2, 0) is 10.0 Å². The van der Waals surface area contributed by atoms with Gasteiger partial charge in [-0.1, -0.05) is 42.5 Å². The summed E-state index contributed by atoms with van der Waals surface area (Å²) in [5, 5.41) is 9.88. The van der Waals surface area contributed by atoms with Crippen LogP contribution in [0.4, 0.5) is 5.69 Å². The van der Waals surface area contributed by atoms with E-state index in [1.165, 1.54) is 23.5 Å². The van der Waals surface area contributed by atoms with E-state index in [1.54, 1.807) is 67.6 Å². The monoisotopic (exact) mass is 449 g/mol. The van der Waals surface area contributed by atoms with Gasteiger partial charge in [0.1, 0.15) is 5.75 Å². The second-order valence-electron chi connectivity index (χ2n) is 6.94. The average molecular weight is 450 g/mol.